The molecular weight excluding hydrogens is 268 g/mol. The number of ether oxygens (including phenoxy) is 1. The number of nitrogens with one attached hydrogen (secondary N) is 1. The van der Waals surface area contributed by atoms with Crippen LogP contribution in [0.5, 0.6) is 5.75 Å². The van der Waals surface area contributed by atoms with Crippen LogP contribution in [0.1, 0.15) is 33.1 Å². The van der Waals surface area contributed by atoms with Crippen LogP contribution in [0.3, 0.4) is 0 Å². The minimum atomic E-state index is -0.825. The fourth-order valence-electron chi connectivity index (χ4n) is 2.77. The summed E-state index contributed by atoms with van der Waals surface area (Å²) in [4.78, 5) is 26.6. The summed E-state index contributed by atoms with van der Waals surface area (Å²) in [5, 5.41) is 2.91. The molecule has 0 atom stereocenters. The number of benzene rings is 1. The average molecular weight is 290 g/mol. The minimum absolute atomic E-state index is 0.0668. The summed E-state index contributed by atoms with van der Waals surface area (Å²) in [6.07, 6.45) is 1.44. The van der Waals surface area contributed by atoms with Gasteiger partial charge in [0.15, 0.2) is 0 Å². The summed E-state index contributed by atoms with van der Waals surface area (Å²) in [7, 11) is 1.58. The smallest absolute Gasteiger partial charge is 0.252 e. The molecule has 1 aromatic rings. The van der Waals surface area contributed by atoms with Crippen molar-refractivity contribution in [3.63, 3.8) is 0 Å². The van der Waals surface area contributed by atoms with Gasteiger partial charge < -0.3 is 15.0 Å². The summed E-state index contributed by atoms with van der Waals surface area (Å²) in [5.41, 5.74) is -0.109. The van der Waals surface area contributed by atoms with E-state index >= 15 is 0 Å². The van der Waals surface area contributed by atoms with Crippen molar-refractivity contribution in [2.45, 2.75) is 38.6 Å². The SMILES string of the molecule is CCC1(CC)NC(=O)CCN(c2ccccc2OC)C1=O. The summed E-state index contributed by atoms with van der Waals surface area (Å²) in [6, 6.07) is 7.40. The second-order valence-corrected chi connectivity index (χ2v) is 5.22. The van der Waals surface area contributed by atoms with Gasteiger partial charge in [0.1, 0.15) is 11.3 Å². The maximum atomic E-state index is 13.0. The normalized spacial score (nSPS) is 18.1. The van der Waals surface area contributed by atoms with Gasteiger partial charge >= 0.3 is 0 Å². The molecule has 2 amide bonds. The monoisotopic (exact) mass is 290 g/mol. The Bertz CT molecular complexity index is 538. The number of anilines is 1. The molecule has 0 aromatic heterocycles. The molecule has 2 rings (SSSR count). The van der Waals surface area contributed by atoms with Crippen molar-refractivity contribution in [2.24, 2.45) is 0 Å². The Hall–Kier alpha value is -2.04. The van der Waals surface area contributed by atoms with E-state index in [1.54, 1.807) is 12.0 Å². The zero-order valence-corrected chi connectivity index (χ0v) is 12.8. The molecule has 1 N–H and O–H groups in total. The van der Waals surface area contributed by atoms with Gasteiger partial charge in [-0.15, -0.1) is 0 Å². The van der Waals surface area contributed by atoms with Crippen molar-refractivity contribution in [2.75, 3.05) is 18.6 Å². The van der Waals surface area contributed by atoms with Gasteiger partial charge in [-0.3, -0.25) is 9.59 Å². The third kappa shape index (κ3) is 2.73. The first-order valence-electron chi connectivity index (χ1n) is 7.34. The molecule has 1 fully saturated rings. The molecule has 1 heterocycles. The van der Waals surface area contributed by atoms with Crippen LogP contribution in [-0.2, 0) is 9.59 Å². The van der Waals surface area contributed by atoms with Crippen LogP contribution in [0.2, 0.25) is 0 Å². The predicted octanol–water partition coefficient (Wildman–Crippen LogP) is 2.11. The van der Waals surface area contributed by atoms with E-state index in [0.717, 1.165) is 0 Å². The first kappa shape index (κ1) is 15.4. The molecule has 5 nitrogen and oxygen atoms in total. The van der Waals surface area contributed by atoms with Gasteiger partial charge in [-0.05, 0) is 25.0 Å². The Morgan fingerprint density at radius 1 is 1.24 bits per heavy atom. The van der Waals surface area contributed by atoms with Crippen LogP contribution in [-0.4, -0.2) is 31.0 Å². The Labute approximate surface area is 125 Å². The van der Waals surface area contributed by atoms with E-state index in [0.29, 0.717) is 37.2 Å². The number of carbonyl (C=O) groups excluding carboxylic acids is 2. The molecule has 0 unspecified atom stereocenters. The van der Waals surface area contributed by atoms with E-state index in [4.69, 9.17) is 4.74 Å². The fourth-order valence-corrected chi connectivity index (χ4v) is 2.77. The number of methoxy groups -OCH3 is 1. The highest BCUT2D eigenvalue weighted by molar-refractivity contribution is 6.05. The number of nitrogens with zero attached hydrogens (tertiary/aromatic N) is 1. The summed E-state index contributed by atoms with van der Waals surface area (Å²) in [5.74, 6) is 0.494. The molecule has 0 bridgehead atoms. The minimum Gasteiger partial charge on any atom is -0.495 e. The highest BCUT2D eigenvalue weighted by atomic mass is 16.5. The number of amides is 2. The van der Waals surface area contributed by atoms with Crippen molar-refractivity contribution in [3.8, 4) is 5.75 Å². The van der Waals surface area contributed by atoms with Crippen LogP contribution in [0.15, 0.2) is 24.3 Å². The summed E-state index contributed by atoms with van der Waals surface area (Å²) in [6.45, 7) is 4.22. The van der Waals surface area contributed by atoms with Crippen LogP contribution in [0.25, 0.3) is 0 Å². The Kier molecular flexibility index (Phi) is 4.50. The van der Waals surface area contributed by atoms with Crippen LogP contribution >= 0.6 is 0 Å². The molecule has 5 heteroatoms. The maximum absolute atomic E-state index is 13.0. The summed E-state index contributed by atoms with van der Waals surface area (Å²) >= 11 is 0. The van der Waals surface area contributed by atoms with E-state index in [-0.39, 0.29) is 11.8 Å². The number of para-hydroxylation sites is 2. The standard InChI is InChI=1S/C16H22N2O3/c1-4-16(5-2)15(20)18(11-10-14(19)17-16)12-8-6-7-9-13(12)21-3/h6-9H,4-5,10-11H2,1-3H3,(H,17,19). The van der Waals surface area contributed by atoms with Gasteiger partial charge in [0, 0.05) is 13.0 Å². The van der Waals surface area contributed by atoms with E-state index in [1.165, 1.54) is 0 Å². The van der Waals surface area contributed by atoms with Crippen LogP contribution in [0.4, 0.5) is 5.69 Å². The Balaban J connectivity index is 2.47. The van der Waals surface area contributed by atoms with E-state index in [2.05, 4.69) is 5.32 Å². The first-order chi connectivity index (χ1) is 10.1. The topological polar surface area (TPSA) is 58.6 Å². The van der Waals surface area contributed by atoms with Gasteiger partial charge in [0.05, 0.1) is 12.8 Å². The zero-order chi connectivity index (χ0) is 15.5. The maximum Gasteiger partial charge on any atom is 0.252 e. The van der Waals surface area contributed by atoms with Crippen molar-refractivity contribution in [1.82, 2.24) is 5.32 Å². The average Bonchev–Trinajstić information content (AvgIpc) is 2.64. The molecule has 1 aliphatic rings. The van der Waals surface area contributed by atoms with Crippen molar-refractivity contribution in [3.05, 3.63) is 24.3 Å². The fraction of sp³-hybridized carbons (Fsp3) is 0.500. The van der Waals surface area contributed by atoms with Gasteiger partial charge in [0.2, 0.25) is 5.91 Å². The zero-order valence-electron chi connectivity index (χ0n) is 12.8. The lowest BCUT2D eigenvalue weighted by Gasteiger charge is -2.34. The van der Waals surface area contributed by atoms with Gasteiger partial charge in [-0.2, -0.15) is 0 Å². The number of carbonyl (C=O) groups is 2. The predicted molar refractivity (Wildman–Crippen MR) is 81.4 cm³/mol. The Morgan fingerprint density at radius 2 is 1.90 bits per heavy atom. The molecule has 21 heavy (non-hydrogen) atoms. The number of rotatable bonds is 4. The molecule has 0 radical (unpaired) electrons. The van der Waals surface area contributed by atoms with Gasteiger partial charge in [-0.1, -0.05) is 26.0 Å². The van der Waals surface area contributed by atoms with Crippen LogP contribution < -0.4 is 15.0 Å². The highest BCUT2D eigenvalue weighted by Gasteiger charge is 2.42. The molecule has 114 valence electrons. The molecular formula is C16H22N2O3. The molecule has 0 spiro atoms. The lowest BCUT2D eigenvalue weighted by molar-refractivity contribution is -0.130. The van der Waals surface area contributed by atoms with Gasteiger partial charge in [-0.25, -0.2) is 0 Å². The highest BCUT2D eigenvalue weighted by Crippen LogP contribution is 2.32. The van der Waals surface area contributed by atoms with Crippen molar-refractivity contribution >= 4 is 17.5 Å². The number of hydrogen-bond acceptors (Lipinski definition) is 3. The lowest BCUT2D eigenvalue weighted by atomic mass is 9.91. The first-order valence-corrected chi connectivity index (χ1v) is 7.34. The van der Waals surface area contributed by atoms with E-state index < -0.39 is 5.54 Å². The van der Waals surface area contributed by atoms with Crippen molar-refractivity contribution < 1.29 is 14.3 Å². The van der Waals surface area contributed by atoms with E-state index in [9.17, 15) is 9.59 Å². The van der Waals surface area contributed by atoms with E-state index in [1.807, 2.05) is 38.1 Å². The lowest BCUT2D eigenvalue weighted by Crippen LogP contribution is -2.56. The summed E-state index contributed by atoms with van der Waals surface area (Å²) < 4.78 is 5.35. The second kappa shape index (κ2) is 6.16. The largest absolute Gasteiger partial charge is 0.495 e. The third-order valence-corrected chi connectivity index (χ3v) is 4.18. The quantitative estimate of drug-likeness (QED) is 0.924. The van der Waals surface area contributed by atoms with Crippen LogP contribution in [0, 0.1) is 0 Å². The molecule has 0 saturated carbocycles. The number of hydrogen-bond donors (Lipinski definition) is 1. The third-order valence-electron chi connectivity index (χ3n) is 4.18. The van der Waals surface area contributed by atoms with Crippen molar-refractivity contribution in [1.29, 1.82) is 0 Å². The molecule has 1 saturated heterocycles. The Morgan fingerprint density at radius 3 is 2.52 bits per heavy atom. The molecule has 1 aromatic carbocycles. The molecule has 1 aliphatic heterocycles. The molecule has 0 aliphatic carbocycles. The van der Waals surface area contributed by atoms with Gasteiger partial charge in [0.25, 0.3) is 5.91 Å². The second-order valence-electron chi connectivity index (χ2n) is 5.22.